The van der Waals surface area contributed by atoms with Gasteiger partial charge in [0.05, 0.1) is 6.54 Å². The molecule has 0 atom stereocenters. The van der Waals surface area contributed by atoms with Crippen LogP contribution in [0.5, 0.6) is 5.88 Å². The smallest absolute Gasteiger partial charge is 0.410 e. The molecule has 1 aliphatic carbocycles. The van der Waals surface area contributed by atoms with Gasteiger partial charge >= 0.3 is 12.1 Å². The number of carboxylic acids is 1. The Morgan fingerprint density at radius 3 is 2.49 bits per heavy atom. The fraction of sp³-hybridized carbons (Fsp3) is 0.552. The number of nitrogens with one attached hydrogen (secondary N) is 1. The molecule has 222 valence electrons. The molecule has 12 heteroatoms. The minimum absolute atomic E-state index is 0.00429. The molecule has 0 radical (unpaired) electrons. The number of benzene rings is 1. The minimum Gasteiger partial charge on any atom is -0.481 e. The molecule has 0 spiro atoms. The highest BCUT2D eigenvalue weighted by molar-refractivity contribution is 6.10. The lowest BCUT2D eigenvalue weighted by Crippen LogP contribution is -2.36. The molecule has 2 aromatic rings. The van der Waals surface area contributed by atoms with Gasteiger partial charge in [0.15, 0.2) is 0 Å². The second-order valence-electron chi connectivity index (χ2n) is 11.7. The summed E-state index contributed by atoms with van der Waals surface area (Å²) in [7, 11) is 1.64. The summed E-state index contributed by atoms with van der Waals surface area (Å²) < 4.78 is 11.2. The number of nitrogens with zero attached hydrogens (tertiary/aromatic N) is 4. The lowest BCUT2D eigenvalue weighted by molar-refractivity contribution is -0.138. The number of nitrogen functional groups attached to an aromatic ring is 1. The van der Waals surface area contributed by atoms with Crippen LogP contribution in [0.25, 0.3) is 0 Å². The van der Waals surface area contributed by atoms with Crippen molar-refractivity contribution in [2.75, 3.05) is 49.2 Å². The summed E-state index contributed by atoms with van der Waals surface area (Å²) in [6, 6.07) is 7.93. The first-order valence-electron chi connectivity index (χ1n) is 14.0. The number of aliphatic carboxylic acids is 1. The molecule has 1 aromatic carbocycles. The first kappa shape index (κ1) is 29.9. The van der Waals surface area contributed by atoms with Crippen molar-refractivity contribution in [3.8, 4) is 5.88 Å². The molecule has 1 aliphatic heterocycles. The Balaban J connectivity index is 1.38. The molecule has 2 amide bonds. The van der Waals surface area contributed by atoms with Gasteiger partial charge in [-0.15, -0.1) is 0 Å². The molecule has 1 saturated carbocycles. The van der Waals surface area contributed by atoms with Gasteiger partial charge in [0, 0.05) is 32.2 Å². The second-order valence-corrected chi connectivity index (χ2v) is 11.7. The van der Waals surface area contributed by atoms with Crippen LogP contribution in [0, 0.1) is 5.92 Å². The minimum atomic E-state index is -0.730. The van der Waals surface area contributed by atoms with Gasteiger partial charge in [0.25, 0.3) is 5.91 Å². The molecular formula is C29H40N6O6. The largest absolute Gasteiger partial charge is 0.481 e. The molecule has 0 bridgehead atoms. The SMILES string of the molecule is CN(CCNc1nc(N)c2c(n1)OCCN(c1ccc(C3CCC(CC(=O)O)CC3)cc1)C2=O)C(=O)OC(C)(C)C. The third-order valence-electron chi connectivity index (χ3n) is 7.34. The molecule has 0 saturated heterocycles. The van der Waals surface area contributed by atoms with E-state index in [1.165, 1.54) is 10.5 Å². The Morgan fingerprint density at radius 2 is 1.85 bits per heavy atom. The van der Waals surface area contributed by atoms with E-state index in [4.69, 9.17) is 20.3 Å². The Morgan fingerprint density at radius 1 is 1.17 bits per heavy atom. The Labute approximate surface area is 240 Å². The molecule has 1 fully saturated rings. The number of likely N-dealkylation sites (N-methyl/N-ethyl adjacent to an activating group) is 1. The molecular weight excluding hydrogens is 528 g/mol. The predicted molar refractivity (Wildman–Crippen MR) is 154 cm³/mol. The zero-order valence-electron chi connectivity index (χ0n) is 24.2. The molecule has 4 N–H and O–H groups in total. The van der Waals surface area contributed by atoms with Crippen LogP contribution in [0.15, 0.2) is 24.3 Å². The van der Waals surface area contributed by atoms with Crippen molar-refractivity contribution in [3.63, 3.8) is 0 Å². The van der Waals surface area contributed by atoms with Crippen LogP contribution in [0.3, 0.4) is 0 Å². The van der Waals surface area contributed by atoms with Gasteiger partial charge in [-0.1, -0.05) is 12.1 Å². The lowest BCUT2D eigenvalue weighted by atomic mass is 9.77. The maximum Gasteiger partial charge on any atom is 0.410 e. The standard InChI is InChI=1S/C29H40N6O6/c1-29(2,3)41-28(39)34(4)14-13-31-27-32-24(30)23-25(33-27)40-16-15-35(26(23)38)21-11-9-20(10-12-21)19-7-5-18(6-8-19)17-22(36)37/h9-12,18-19H,5-8,13-17H2,1-4H3,(H,36,37)(H3,30,31,32,33). The summed E-state index contributed by atoms with van der Waals surface area (Å²) in [5, 5.41) is 12.1. The number of aromatic nitrogens is 2. The van der Waals surface area contributed by atoms with E-state index in [0.717, 1.165) is 31.4 Å². The molecule has 2 heterocycles. The van der Waals surface area contributed by atoms with E-state index >= 15 is 0 Å². The number of nitrogens with two attached hydrogens (primary N) is 1. The van der Waals surface area contributed by atoms with Crippen LogP contribution in [0.4, 0.5) is 22.2 Å². The molecule has 41 heavy (non-hydrogen) atoms. The summed E-state index contributed by atoms with van der Waals surface area (Å²) in [6.45, 7) is 6.63. The number of carbonyl (C=O) groups is 3. The fourth-order valence-electron chi connectivity index (χ4n) is 5.20. The van der Waals surface area contributed by atoms with Gasteiger partial charge in [-0.2, -0.15) is 9.97 Å². The van der Waals surface area contributed by atoms with E-state index in [2.05, 4.69) is 15.3 Å². The number of carboxylic acid groups (broad SMARTS) is 1. The summed E-state index contributed by atoms with van der Waals surface area (Å²) in [5.41, 5.74) is 7.65. The highest BCUT2D eigenvalue weighted by Gasteiger charge is 2.30. The Bertz CT molecular complexity index is 1250. The van der Waals surface area contributed by atoms with E-state index in [1.807, 2.05) is 24.3 Å². The van der Waals surface area contributed by atoms with Gasteiger partial charge in [0.2, 0.25) is 11.8 Å². The third-order valence-corrected chi connectivity index (χ3v) is 7.34. The number of carbonyl (C=O) groups excluding carboxylic acids is 2. The fourth-order valence-corrected chi connectivity index (χ4v) is 5.20. The Kier molecular flexibility index (Phi) is 9.19. The van der Waals surface area contributed by atoms with Crippen molar-refractivity contribution in [3.05, 3.63) is 35.4 Å². The lowest BCUT2D eigenvalue weighted by Gasteiger charge is -2.28. The first-order valence-corrected chi connectivity index (χ1v) is 14.0. The number of anilines is 3. The Hall–Kier alpha value is -4.09. The van der Waals surface area contributed by atoms with Crippen molar-refractivity contribution in [2.45, 2.75) is 64.4 Å². The number of hydrogen-bond acceptors (Lipinski definition) is 9. The van der Waals surface area contributed by atoms with Gasteiger partial charge in [0.1, 0.15) is 23.6 Å². The predicted octanol–water partition coefficient (Wildman–Crippen LogP) is 4.13. The van der Waals surface area contributed by atoms with Crippen molar-refractivity contribution < 1.29 is 29.0 Å². The monoisotopic (exact) mass is 568 g/mol. The van der Waals surface area contributed by atoms with E-state index in [-0.39, 0.29) is 48.1 Å². The van der Waals surface area contributed by atoms with Gasteiger partial charge < -0.3 is 35.4 Å². The maximum absolute atomic E-state index is 13.5. The first-order chi connectivity index (χ1) is 19.4. The maximum atomic E-state index is 13.5. The average Bonchev–Trinajstić information content (AvgIpc) is 3.06. The second kappa shape index (κ2) is 12.6. The summed E-state index contributed by atoms with van der Waals surface area (Å²) in [5.74, 6) is -0.119. The van der Waals surface area contributed by atoms with Crippen LogP contribution in [-0.4, -0.2) is 76.8 Å². The van der Waals surface area contributed by atoms with Crippen LogP contribution in [0.1, 0.15) is 74.7 Å². The van der Waals surface area contributed by atoms with Crippen molar-refractivity contribution in [1.29, 1.82) is 0 Å². The molecule has 0 unspecified atom stereocenters. The molecule has 2 aliphatic rings. The number of hydrogen-bond donors (Lipinski definition) is 3. The molecule has 4 rings (SSSR count). The van der Waals surface area contributed by atoms with Gasteiger partial charge in [-0.3, -0.25) is 9.59 Å². The van der Waals surface area contributed by atoms with Gasteiger partial charge in [-0.25, -0.2) is 4.79 Å². The normalized spacial score (nSPS) is 19.0. The molecule has 1 aromatic heterocycles. The van der Waals surface area contributed by atoms with E-state index < -0.39 is 17.7 Å². The van der Waals surface area contributed by atoms with Gasteiger partial charge in [-0.05, 0) is 76.0 Å². The van der Waals surface area contributed by atoms with Crippen molar-refractivity contribution in [2.24, 2.45) is 5.92 Å². The quantitative estimate of drug-likeness (QED) is 0.422. The average molecular weight is 569 g/mol. The zero-order chi connectivity index (χ0) is 29.7. The number of fused-ring (bicyclic) bond motifs is 1. The highest BCUT2D eigenvalue weighted by Crippen LogP contribution is 2.38. The topological polar surface area (TPSA) is 160 Å². The zero-order valence-corrected chi connectivity index (χ0v) is 24.2. The summed E-state index contributed by atoms with van der Waals surface area (Å²) in [4.78, 5) is 48.4. The van der Waals surface area contributed by atoms with Crippen molar-refractivity contribution >= 4 is 35.4 Å². The highest BCUT2D eigenvalue weighted by atomic mass is 16.6. The van der Waals surface area contributed by atoms with E-state index in [9.17, 15) is 14.4 Å². The van der Waals surface area contributed by atoms with Crippen LogP contribution < -0.4 is 20.7 Å². The number of amides is 2. The number of ether oxygens (including phenoxy) is 2. The van der Waals surface area contributed by atoms with Crippen molar-refractivity contribution in [1.82, 2.24) is 14.9 Å². The van der Waals surface area contributed by atoms with Crippen LogP contribution in [0.2, 0.25) is 0 Å². The number of rotatable bonds is 8. The summed E-state index contributed by atoms with van der Waals surface area (Å²) in [6.07, 6.45) is 3.54. The van der Waals surface area contributed by atoms with Crippen LogP contribution >= 0.6 is 0 Å². The van der Waals surface area contributed by atoms with Crippen LogP contribution in [-0.2, 0) is 9.53 Å². The van der Waals surface area contributed by atoms with E-state index in [1.54, 1.807) is 32.7 Å². The van der Waals surface area contributed by atoms with E-state index in [0.29, 0.717) is 25.6 Å². The third kappa shape index (κ3) is 7.77. The molecule has 12 nitrogen and oxygen atoms in total. The summed E-state index contributed by atoms with van der Waals surface area (Å²) >= 11 is 0.